The summed E-state index contributed by atoms with van der Waals surface area (Å²) in [6.07, 6.45) is 0.686. The molecule has 2 aromatic carbocycles. The largest absolute Gasteiger partial charge is 0.483 e. The number of amides is 1. The van der Waals surface area contributed by atoms with E-state index < -0.39 is 4.92 Å². The minimum absolute atomic E-state index is 0.0612. The van der Waals surface area contributed by atoms with Gasteiger partial charge in [0.05, 0.1) is 10.5 Å². The van der Waals surface area contributed by atoms with Gasteiger partial charge in [-0.05, 0) is 18.2 Å². The third kappa shape index (κ3) is 4.22. The van der Waals surface area contributed by atoms with Crippen molar-refractivity contribution in [3.05, 3.63) is 64.2 Å². The van der Waals surface area contributed by atoms with Crippen molar-refractivity contribution in [1.29, 1.82) is 0 Å². The van der Waals surface area contributed by atoms with Crippen molar-refractivity contribution in [2.45, 2.75) is 0 Å². The minimum atomic E-state index is -0.398. The Bertz CT molecular complexity index is 847. The number of ether oxygens (including phenoxy) is 1. The molecule has 0 radical (unpaired) electrons. The lowest BCUT2D eigenvalue weighted by Gasteiger charge is -2.35. The van der Waals surface area contributed by atoms with Gasteiger partial charge in [0.1, 0.15) is 11.4 Å². The second kappa shape index (κ2) is 8.31. The van der Waals surface area contributed by atoms with Gasteiger partial charge in [-0.15, -0.1) is 0 Å². The summed E-state index contributed by atoms with van der Waals surface area (Å²) in [4.78, 5) is 37.7. The number of para-hydroxylation sites is 3. The van der Waals surface area contributed by atoms with Crippen molar-refractivity contribution in [3.63, 3.8) is 0 Å². The second-order valence-corrected chi connectivity index (χ2v) is 6.06. The zero-order valence-corrected chi connectivity index (χ0v) is 14.6. The number of rotatable bonds is 6. The molecule has 8 heteroatoms. The van der Waals surface area contributed by atoms with E-state index in [9.17, 15) is 19.7 Å². The first kappa shape index (κ1) is 18.4. The molecule has 1 aliphatic heterocycles. The SMILES string of the molecule is O=Cc1ccccc1OCC(=O)N1CCN(c2ccccc2[N+](=O)[O-])CC1. The van der Waals surface area contributed by atoms with Crippen LogP contribution in [0.4, 0.5) is 11.4 Å². The van der Waals surface area contributed by atoms with Crippen LogP contribution in [0.3, 0.4) is 0 Å². The molecule has 0 unspecified atom stereocenters. The van der Waals surface area contributed by atoms with Gasteiger partial charge in [0.25, 0.3) is 11.6 Å². The Kier molecular flexibility index (Phi) is 5.65. The van der Waals surface area contributed by atoms with E-state index in [1.807, 2.05) is 4.90 Å². The number of carbonyl (C=O) groups is 2. The molecule has 1 saturated heterocycles. The average Bonchev–Trinajstić information content (AvgIpc) is 2.72. The highest BCUT2D eigenvalue weighted by molar-refractivity contribution is 5.81. The lowest BCUT2D eigenvalue weighted by atomic mass is 10.2. The molecule has 0 saturated carbocycles. The van der Waals surface area contributed by atoms with Crippen molar-refractivity contribution < 1.29 is 19.2 Å². The van der Waals surface area contributed by atoms with Crippen LogP contribution >= 0.6 is 0 Å². The molecule has 140 valence electrons. The molecule has 1 heterocycles. The molecule has 0 aromatic heterocycles. The molecule has 1 fully saturated rings. The summed E-state index contributed by atoms with van der Waals surface area (Å²) in [6, 6.07) is 13.3. The Morgan fingerprint density at radius 1 is 1.07 bits per heavy atom. The molecular weight excluding hydrogens is 350 g/mol. The fourth-order valence-electron chi connectivity index (χ4n) is 3.02. The Hall–Kier alpha value is -3.42. The lowest BCUT2D eigenvalue weighted by Crippen LogP contribution is -2.50. The van der Waals surface area contributed by atoms with Crippen molar-refractivity contribution in [1.82, 2.24) is 4.90 Å². The smallest absolute Gasteiger partial charge is 0.292 e. The molecule has 0 aliphatic carbocycles. The van der Waals surface area contributed by atoms with Gasteiger partial charge >= 0.3 is 0 Å². The molecule has 1 aliphatic rings. The third-order valence-corrected chi connectivity index (χ3v) is 4.45. The van der Waals surface area contributed by atoms with E-state index in [-0.39, 0.29) is 18.2 Å². The first-order valence-electron chi connectivity index (χ1n) is 8.53. The number of piperazine rings is 1. The molecule has 8 nitrogen and oxygen atoms in total. The van der Waals surface area contributed by atoms with E-state index >= 15 is 0 Å². The van der Waals surface area contributed by atoms with E-state index in [2.05, 4.69) is 0 Å². The number of hydrogen-bond donors (Lipinski definition) is 0. The number of nitro groups is 1. The maximum Gasteiger partial charge on any atom is 0.292 e. The van der Waals surface area contributed by atoms with E-state index in [0.29, 0.717) is 49.5 Å². The van der Waals surface area contributed by atoms with Gasteiger partial charge < -0.3 is 14.5 Å². The Labute approximate surface area is 156 Å². The summed E-state index contributed by atoms with van der Waals surface area (Å²) >= 11 is 0. The van der Waals surface area contributed by atoms with Crippen LogP contribution in [0.15, 0.2) is 48.5 Å². The van der Waals surface area contributed by atoms with E-state index in [1.165, 1.54) is 6.07 Å². The van der Waals surface area contributed by atoms with Crippen LogP contribution < -0.4 is 9.64 Å². The molecular formula is C19H19N3O5. The number of aldehydes is 1. The summed E-state index contributed by atoms with van der Waals surface area (Å²) in [5.41, 5.74) is 1.02. The number of carbonyl (C=O) groups excluding carboxylic acids is 2. The minimum Gasteiger partial charge on any atom is -0.483 e. The number of benzene rings is 2. The Balaban J connectivity index is 1.57. The fraction of sp³-hybridized carbons (Fsp3) is 0.263. The van der Waals surface area contributed by atoms with E-state index in [0.717, 1.165) is 0 Å². The van der Waals surface area contributed by atoms with Gasteiger partial charge in [-0.25, -0.2) is 0 Å². The predicted octanol–water partition coefficient (Wildman–Crippen LogP) is 2.13. The zero-order valence-electron chi connectivity index (χ0n) is 14.6. The molecule has 3 rings (SSSR count). The van der Waals surface area contributed by atoms with Crippen LogP contribution in [0.25, 0.3) is 0 Å². The maximum absolute atomic E-state index is 12.4. The first-order valence-corrected chi connectivity index (χ1v) is 8.53. The highest BCUT2D eigenvalue weighted by atomic mass is 16.6. The second-order valence-electron chi connectivity index (χ2n) is 6.06. The molecule has 0 N–H and O–H groups in total. The van der Waals surface area contributed by atoms with Crippen LogP contribution in [0.2, 0.25) is 0 Å². The Morgan fingerprint density at radius 2 is 1.74 bits per heavy atom. The molecule has 0 spiro atoms. The summed E-state index contributed by atoms with van der Waals surface area (Å²) in [6.45, 7) is 1.74. The van der Waals surface area contributed by atoms with Crippen LogP contribution in [-0.4, -0.2) is 54.8 Å². The maximum atomic E-state index is 12.4. The van der Waals surface area contributed by atoms with Gasteiger partial charge in [0.2, 0.25) is 0 Å². The van der Waals surface area contributed by atoms with Crippen LogP contribution in [-0.2, 0) is 4.79 Å². The van der Waals surface area contributed by atoms with Crippen LogP contribution in [0, 0.1) is 10.1 Å². The third-order valence-electron chi connectivity index (χ3n) is 4.45. The number of hydrogen-bond acceptors (Lipinski definition) is 6. The number of nitro benzene ring substituents is 1. The fourth-order valence-corrected chi connectivity index (χ4v) is 3.02. The zero-order chi connectivity index (χ0) is 19.2. The molecule has 0 atom stereocenters. The number of anilines is 1. The predicted molar refractivity (Wildman–Crippen MR) is 99.2 cm³/mol. The van der Waals surface area contributed by atoms with Crippen LogP contribution in [0.1, 0.15) is 10.4 Å². The topological polar surface area (TPSA) is 93.0 Å². The van der Waals surface area contributed by atoms with Crippen LogP contribution in [0.5, 0.6) is 5.75 Å². The molecule has 0 bridgehead atoms. The van der Waals surface area contributed by atoms with E-state index in [1.54, 1.807) is 47.4 Å². The Morgan fingerprint density at radius 3 is 2.44 bits per heavy atom. The summed E-state index contributed by atoms with van der Waals surface area (Å²) < 4.78 is 5.48. The highest BCUT2D eigenvalue weighted by Crippen LogP contribution is 2.28. The van der Waals surface area contributed by atoms with Crippen molar-refractivity contribution in [3.8, 4) is 5.75 Å². The van der Waals surface area contributed by atoms with Crippen molar-refractivity contribution in [2.24, 2.45) is 0 Å². The summed E-state index contributed by atoms with van der Waals surface area (Å²) in [7, 11) is 0. The molecule has 2 aromatic rings. The molecule has 1 amide bonds. The van der Waals surface area contributed by atoms with E-state index in [4.69, 9.17) is 4.74 Å². The summed E-state index contributed by atoms with van der Waals surface area (Å²) in [5, 5.41) is 11.2. The highest BCUT2D eigenvalue weighted by Gasteiger charge is 2.25. The molecule has 27 heavy (non-hydrogen) atoms. The van der Waals surface area contributed by atoms with Gasteiger partial charge in [0.15, 0.2) is 12.9 Å². The standard InChI is InChI=1S/C19H19N3O5/c23-13-15-5-1-4-8-18(15)27-14-19(24)21-11-9-20(10-12-21)16-6-2-3-7-17(16)22(25)26/h1-8,13H,9-12,14H2. The quantitative estimate of drug-likeness (QED) is 0.440. The van der Waals surface area contributed by atoms with Gasteiger partial charge in [-0.3, -0.25) is 19.7 Å². The lowest BCUT2D eigenvalue weighted by molar-refractivity contribution is -0.384. The van der Waals surface area contributed by atoms with Gasteiger partial charge in [-0.2, -0.15) is 0 Å². The van der Waals surface area contributed by atoms with Gasteiger partial charge in [-0.1, -0.05) is 24.3 Å². The summed E-state index contributed by atoms with van der Waals surface area (Å²) in [5.74, 6) is 0.192. The normalized spacial score (nSPS) is 13.9. The van der Waals surface area contributed by atoms with Crippen molar-refractivity contribution in [2.75, 3.05) is 37.7 Å². The average molecular weight is 369 g/mol. The monoisotopic (exact) mass is 369 g/mol. The van der Waals surface area contributed by atoms with Gasteiger partial charge in [0, 0.05) is 32.2 Å². The van der Waals surface area contributed by atoms with Crippen molar-refractivity contribution >= 4 is 23.6 Å². The first-order chi connectivity index (χ1) is 13.1. The number of nitrogens with zero attached hydrogens (tertiary/aromatic N) is 3.